The van der Waals surface area contributed by atoms with Crippen LogP contribution in [0, 0.1) is 15.9 Å². The number of nitro groups is 1. The van der Waals surface area contributed by atoms with E-state index in [9.17, 15) is 19.6 Å². The van der Waals surface area contributed by atoms with Gasteiger partial charge in [0.1, 0.15) is 18.2 Å². The Morgan fingerprint density at radius 2 is 2.05 bits per heavy atom. The Kier molecular flexibility index (Phi) is 4.27. The molecule has 2 aromatic rings. The number of nitro benzene ring substituents is 1. The van der Waals surface area contributed by atoms with Crippen molar-refractivity contribution in [1.82, 2.24) is 0 Å². The van der Waals surface area contributed by atoms with Gasteiger partial charge < -0.3 is 9.84 Å². The lowest BCUT2D eigenvalue weighted by Crippen LogP contribution is -2.00. The summed E-state index contributed by atoms with van der Waals surface area (Å²) in [7, 11) is 0. The molecule has 20 heavy (non-hydrogen) atoms. The third kappa shape index (κ3) is 3.30. The number of halogens is 1. The highest BCUT2D eigenvalue weighted by Gasteiger charge is 2.11. The van der Waals surface area contributed by atoms with Crippen molar-refractivity contribution < 1.29 is 19.2 Å². The summed E-state index contributed by atoms with van der Waals surface area (Å²) in [5.41, 5.74) is 0.829. The normalized spacial score (nSPS) is 10.3. The van der Waals surface area contributed by atoms with Crippen LogP contribution in [0.4, 0.5) is 10.1 Å². The molecule has 0 radical (unpaired) electrons. The first-order valence-electron chi connectivity index (χ1n) is 5.85. The van der Waals surface area contributed by atoms with Crippen LogP contribution in [0.3, 0.4) is 0 Å². The molecule has 1 N–H and O–H groups in total. The van der Waals surface area contributed by atoms with Gasteiger partial charge in [0.05, 0.1) is 11.5 Å². The largest absolute Gasteiger partial charge is 0.489 e. The van der Waals surface area contributed by atoms with Crippen molar-refractivity contribution in [2.45, 2.75) is 13.2 Å². The van der Waals surface area contributed by atoms with Gasteiger partial charge in [0.25, 0.3) is 5.69 Å². The smallest absolute Gasteiger partial charge is 0.270 e. The molecule has 2 aromatic carbocycles. The quantitative estimate of drug-likeness (QED) is 0.673. The molecule has 0 aliphatic rings. The van der Waals surface area contributed by atoms with Gasteiger partial charge in [0.2, 0.25) is 0 Å². The summed E-state index contributed by atoms with van der Waals surface area (Å²) < 4.78 is 18.5. The Morgan fingerprint density at radius 1 is 1.25 bits per heavy atom. The number of hydrogen-bond acceptors (Lipinski definition) is 4. The van der Waals surface area contributed by atoms with E-state index in [1.807, 2.05) is 0 Å². The van der Waals surface area contributed by atoms with Crippen molar-refractivity contribution in [1.29, 1.82) is 0 Å². The summed E-state index contributed by atoms with van der Waals surface area (Å²) in [6.07, 6.45) is 0. The zero-order valence-electron chi connectivity index (χ0n) is 10.5. The van der Waals surface area contributed by atoms with Crippen molar-refractivity contribution in [2.75, 3.05) is 0 Å². The summed E-state index contributed by atoms with van der Waals surface area (Å²) in [5.74, 6) is -0.0282. The van der Waals surface area contributed by atoms with E-state index in [-0.39, 0.29) is 24.7 Å². The second-order valence-electron chi connectivity index (χ2n) is 4.13. The minimum absolute atomic E-state index is 0.114. The van der Waals surface area contributed by atoms with E-state index in [2.05, 4.69) is 0 Å². The molecule has 0 amide bonds. The Morgan fingerprint density at radius 3 is 2.70 bits per heavy atom. The Labute approximate surface area is 114 Å². The average Bonchev–Trinajstić information content (AvgIpc) is 2.45. The highest BCUT2D eigenvalue weighted by Crippen LogP contribution is 2.25. The molecule has 0 spiro atoms. The number of aliphatic hydroxyl groups excluding tert-OH is 1. The number of benzene rings is 2. The third-order valence-electron chi connectivity index (χ3n) is 2.71. The predicted molar refractivity (Wildman–Crippen MR) is 69.8 cm³/mol. The van der Waals surface area contributed by atoms with Gasteiger partial charge in [-0.15, -0.1) is 0 Å². The first-order chi connectivity index (χ1) is 9.60. The van der Waals surface area contributed by atoms with Crippen molar-refractivity contribution in [3.63, 3.8) is 0 Å². The molecule has 0 atom stereocenters. The molecular weight excluding hydrogens is 265 g/mol. The van der Waals surface area contributed by atoms with Crippen LogP contribution in [-0.4, -0.2) is 10.0 Å². The Balaban J connectivity index is 2.15. The fourth-order valence-electron chi connectivity index (χ4n) is 1.73. The van der Waals surface area contributed by atoms with Crippen molar-refractivity contribution in [3.8, 4) is 5.75 Å². The molecule has 104 valence electrons. The van der Waals surface area contributed by atoms with E-state index in [1.54, 1.807) is 12.1 Å². The van der Waals surface area contributed by atoms with E-state index in [0.29, 0.717) is 16.9 Å². The van der Waals surface area contributed by atoms with Crippen LogP contribution in [0.5, 0.6) is 5.75 Å². The number of rotatable bonds is 5. The van der Waals surface area contributed by atoms with Crippen LogP contribution in [0.25, 0.3) is 0 Å². The number of non-ortho nitro benzene ring substituents is 1. The van der Waals surface area contributed by atoms with Gasteiger partial charge in [-0.25, -0.2) is 4.39 Å². The van der Waals surface area contributed by atoms with Gasteiger partial charge >= 0.3 is 0 Å². The molecule has 0 heterocycles. The first-order valence-corrected chi connectivity index (χ1v) is 5.85. The molecule has 2 rings (SSSR count). The van der Waals surface area contributed by atoms with Gasteiger partial charge in [-0.2, -0.15) is 0 Å². The molecule has 0 fully saturated rings. The van der Waals surface area contributed by atoms with Crippen LogP contribution in [-0.2, 0) is 13.2 Å². The molecule has 0 unspecified atom stereocenters. The summed E-state index contributed by atoms with van der Waals surface area (Å²) in [4.78, 5) is 10.1. The molecule has 0 saturated carbocycles. The van der Waals surface area contributed by atoms with E-state index < -0.39 is 4.92 Å². The molecule has 0 aliphatic carbocycles. The summed E-state index contributed by atoms with van der Waals surface area (Å²) in [5, 5.41) is 19.8. The molecule has 5 nitrogen and oxygen atoms in total. The van der Waals surface area contributed by atoms with Gasteiger partial charge in [-0.1, -0.05) is 12.1 Å². The van der Waals surface area contributed by atoms with E-state index in [4.69, 9.17) is 4.74 Å². The van der Waals surface area contributed by atoms with Crippen LogP contribution < -0.4 is 4.74 Å². The Hall–Kier alpha value is -2.47. The Bertz CT molecular complexity index is 630. The topological polar surface area (TPSA) is 72.6 Å². The van der Waals surface area contributed by atoms with Crippen molar-refractivity contribution in [2.24, 2.45) is 0 Å². The molecule has 0 aliphatic heterocycles. The summed E-state index contributed by atoms with van der Waals surface area (Å²) >= 11 is 0. The second-order valence-corrected chi connectivity index (χ2v) is 4.13. The predicted octanol–water partition coefficient (Wildman–Crippen LogP) is 2.81. The third-order valence-corrected chi connectivity index (χ3v) is 2.71. The number of nitrogens with zero attached hydrogens (tertiary/aromatic N) is 1. The molecule has 0 bridgehead atoms. The van der Waals surface area contributed by atoms with Crippen LogP contribution >= 0.6 is 0 Å². The second kappa shape index (κ2) is 6.12. The van der Waals surface area contributed by atoms with Crippen LogP contribution in [0.2, 0.25) is 0 Å². The van der Waals surface area contributed by atoms with Crippen LogP contribution in [0.1, 0.15) is 11.1 Å². The molecule has 0 saturated heterocycles. The fraction of sp³-hybridized carbons (Fsp3) is 0.143. The number of aliphatic hydroxyl groups is 1. The molecule has 0 aromatic heterocycles. The van der Waals surface area contributed by atoms with Gasteiger partial charge in [-0.05, 0) is 23.8 Å². The zero-order valence-corrected chi connectivity index (χ0v) is 10.5. The monoisotopic (exact) mass is 277 g/mol. The first kappa shape index (κ1) is 14.0. The maximum atomic E-state index is 13.0. The van der Waals surface area contributed by atoms with Gasteiger partial charge in [0.15, 0.2) is 0 Å². The lowest BCUT2D eigenvalue weighted by molar-refractivity contribution is -0.385. The van der Waals surface area contributed by atoms with Gasteiger partial charge in [-0.3, -0.25) is 10.1 Å². The lowest BCUT2D eigenvalue weighted by Gasteiger charge is -2.10. The van der Waals surface area contributed by atoms with Crippen molar-refractivity contribution in [3.05, 3.63) is 69.5 Å². The number of hydrogen-bond donors (Lipinski definition) is 1. The summed E-state index contributed by atoms with van der Waals surface area (Å²) in [6, 6.07) is 9.90. The minimum atomic E-state index is -0.546. The SMILES string of the molecule is O=[N+]([O-])c1ccc(OCc2cccc(F)c2)c(CO)c1. The molecule has 6 heteroatoms. The zero-order chi connectivity index (χ0) is 14.5. The van der Waals surface area contributed by atoms with Crippen molar-refractivity contribution >= 4 is 5.69 Å². The highest BCUT2D eigenvalue weighted by atomic mass is 19.1. The maximum Gasteiger partial charge on any atom is 0.270 e. The molecular formula is C14H12FNO4. The number of ether oxygens (including phenoxy) is 1. The fourth-order valence-corrected chi connectivity index (χ4v) is 1.73. The summed E-state index contributed by atoms with van der Waals surface area (Å²) in [6.45, 7) is -0.261. The maximum absolute atomic E-state index is 13.0. The van der Waals surface area contributed by atoms with E-state index in [1.165, 1.54) is 30.3 Å². The lowest BCUT2D eigenvalue weighted by atomic mass is 10.2. The van der Waals surface area contributed by atoms with Crippen LogP contribution in [0.15, 0.2) is 42.5 Å². The van der Waals surface area contributed by atoms with Gasteiger partial charge in [0, 0.05) is 17.7 Å². The van der Waals surface area contributed by atoms with E-state index >= 15 is 0 Å². The average molecular weight is 277 g/mol. The minimum Gasteiger partial charge on any atom is -0.489 e. The highest BCUT2D eigenvalue weighted by molar-refractivity contribution is 5.43. The standard InChI is InChI=1S/C14H12FNO4/c15-12-3-1-2-10(6-12)9-20-14-5-4-13(16(18)19)7-11(14)8-17/h1-7,17H,8-9H2. The van der Waals surface area contributed by atoms with E-state index in [0.717, 1.165) is 0 Å².